The summed E-state index contributed by atoms with van der Waals surface area (Å²) in [7, 11) is 0. The van der Waals surface area contributed by atoms with Crippen LogP contribution in [-0.2, 0) is 33.3 Å². The summed E-state index contributed by atoms with van der Waals surface area (Å²) in [6.45, 7) is 1.30. The van der Waals surface area contributed by atoms with Crippen LogP contribution in [0.4, 0.5) is 0 Å². The van der Waals surface area contributed by atoms with Crippen molar-refractivity contribution in [1.29, 1.82) is 0 Å². The number of benzene rings is 2. The van der Waals surface area contributed by atoms with Crippen molar-refractivity contribution in [1.82, 2.24) is 9.62 Å². The van der Waals surface area contributed by atoms with Crippen molar-refractivity contribution in [3.8, 4) is 0 Å². The number of carbonyl (C=O) groups excluding carboxylic acids is 1. The molecule has 6 heteroatoms. The first-order valence-corrected chi connectivity index (χ1v) is 8.92. The zero-order chi connectivity index (χ0) is 16.8. The maximum atomic E-state index is 12.2. The minimum absolute atomic E-state index is 0.0654. The molecular formula is C18H20N2O3S. The zero-order valence-corrected chi connectivity index (χ0v) is 14.1. The molecule has 0 spiro atoms. The molecule has 1 saturated heterocycles. The Morgan fingerprint density at radius 1 is 1.08 bits per heavy atom. The molecule has 2 aromatic rings. The van der Waals surface area contributed by atoms with E-state index in [1.165, 1.54) is 0 Å². The van der Waals surface area contributed by atoms with E-state index in [0.29, 0.717) is 19.7 Å². The van der Waals surface area contributed by atoms with Gasteiger partial charge in [0.1, 0.15) is 0 Å². The fraction of sp³-hybridized carbons (Fsp3) is 0.278. The third kappa shape index (κ3) is 4.50. The average molecular weight is 344 g/mol. The van der Waals surface area contributed by atoms with Crippen molar-refractivity contribution in [2.75, 3.05) is 6.61 Å². The Kier molecular flexibility index (Phi) is 5.74. The summed E-state index contributed by atoms with van der Waals surface area (Å²) in [6.07, 6.45) is 0.269. The summed E-state index contributed by atoms with van der Waals surface area (Å²) < 4.78 is 19.0. The largest absolute Gasteiger partial charge is 0.352 e. The average Bonchev–Trinajstić information content (AvgIpc) is 2.95. The van der Waals surface area contributed by atoms with Crippen LogP contribution >= 0.6 is 0 Å². The lowest BCUT2D eigenvalue weighted by molar-refractivity contribution is -0.122. The number of rotatable bonds is 6. The van der Waals surface area contributed by atoms with Crippen LogP contribution in [0.3, 0.4) is 0 Å². The molecule has 1 aliphatic rings. The van der Waals surface area contributed by atoms with E-state index in [4.69, 9.17) is 4.18 Å². The van der Waals surface area contributed by atoms with Crippen molar-refractivity contribution in [3.63, 3.8) is 0 Å². The summed E-state index contributed by atoms with van der Waals surface area (Å²) >= 11 is -1.49. The SMILES string of the molecule is O=C(CC1COS(=O)N1Cc1ccccc1)NCc1ccccc1. The maximum absolute atomic E-state index is 12.2. The van der Waals surface area contributed by atoms with Gasteiger partial charge in [0.15, 0.2) is 0 Å². The summed E-state index contributed by atoms with van der Waals surface area (Å²) in [6, 6.07) is 19.4. The van der Waals surface area contributed by atoms with Crippen LogP contribution in [0, 0.1) is 0 Å². The van der Waals surface area contributed by atoms with Crippen LogP contribution in [0.15, 0.2) is 60.7 Å². The fourth-order valence-corrected chi connectivity index (χ4v) is 3.64. The van der Waals surface area contributed by atoms with E-state index < -0.39 is 11.3 Å². The second kappa shape index (κ2) is 8.19. The normalized spacial score (nSPS) is 20.8. The van der Waals surface area contributed by atoms with Gasteiger partial charge in [0.2, 0.25) is 17.2 Å². The monoisotopic (exact) mass is 344 g/mol. The van der Waals surface area contributed by atoms with E-state index in [1.54, 1.807) is 4.31 Å². The van der Waals surface area contributed by atoms with E-state index in [1.807, 2.05) is 60.7 Å². The van der Waals surface area contributed by atoms with Crippen LogP contribution in [0.25, 0.3) is 0 Å². The van der Waals surface area contributed by atoms with Crippen LogP contribution < -0.4 is 5.32 Å². The first-order chi connectivity index (χ1) is 11.7. The van der Waals surface area contributed by atoms with E-state index in [2.05, 4.69) is 5.32 Å². The molecule has 2 atom stereocenters. The van der Waals surface area contributed by atoms with Gasteiger partial charge < -0.3 is 5.32 Å². The topological polar surface area (TPSA) is 58.6 Å². The number of carbonyl (C=O) groups is 1. The minimum atomic E-state index is -1.49. The highest BCUT2D eigenvalue weighted by Crippen LogP contribution is 2.21. The summed E-state index contributed by atoms with van der Waals surface area (Å²) in [4.78, 5) is 12.2. The highest BCUT2D eigenvalue weighted by Gasteiger charge is 2.33. The van der Waals surface area contributed by atoms with Crippen LogP contribution in [0.2, 0.25) is 0 Å². The van der Waals surface area contributed by atoms with Gasteiger partial charge in [0.05, 0.1) is 12.6 Å². The van der Waals surface area contributed by atoms with Crippen molar-refractivity contribution in [2.45, 2.75) is 25.6 Å². The van der Waals surface area contributed by atoms with Crippen molar-refractivity contribution in [2.24, 2.45) is 0 Å². The molecule has 1 N–H and O–H groups in total. The smallest absolute Gasteiger partial charge is 0.237 e. The molecule has 2 aromatic carbocycles. The Morgan fingerprint density at radius 3 is 2.38 bits per heavy atom. The molecule has 2 unspecified atom stereocenters. The molecule has 0 saturated carbocycles. The Morgan fingerprint density at radius 2 is 1.71 bits per heavy atom. The predicted molar refractivity (Wildman–Crippen MR) is 92.8 cm³/mol. The molecule has 1 aliphatic heterocycles. The van der Waals surface area contributed by atoms with Crippen LogP contribution in [-0.4, -0.2) is 27.1 Å². The van der Waals surface area contributed by atoms with Crippen molar-refractivity contribution in [3.05, 3.63) is 71.8 Å². The van der Waals surface area contributed by atoms with Gasteiger partial charge in [-0.3, -0.25) is 8.98 Å². The van der Waals surface area contributed by atoms with E-state index >= 15 is 0 Å². The molecule has 3 rings (SSSR count). The second-order valence-electron chi connectivity index (χ2n) is 5.68. The van der Waals surface area contributed by atoms with Gasteiger partial charge in [-0.25, -0.2) is 4.21 Å². The first kappa shape index (κ1) is 16.8. The minimum Gasteiger partial charge on any atom is -0.352 e. The third-order valence-electron chi connectivity index (χ3n) is 3.89. The lowest BCUT2D eigenvalue weighted by Crippen LogP contribution is -2.36. The molecule has 0 bridgehead atoms. The van der Waals surface area contributed by atoms with Crippen LogP contribution in [0.1, 0.15) is 17.5 Å². The second-order valence-corrected chi connectivity index (χ2v) is 6.82. The van der Waals surface area contributed by atoms with Crippen molar-refractivity contribution < 1.29 is 13.2 Å². The number of nitrogens with one attached hydrogen (secondary N) is 1. The lowest BCUT2D eigenvalue weighted by atomic mass is 10.1. The van der Waals surface area contributed by atoms with Gasteiger partial charge in [-0.15, -0.1) is 0 Å². The molecule has 0 aliphatic carbocycles. The molecule has 1 fully saturated rings. The van der Waals surface area contributed by atoms with Gasteiger partial charge in [-0.05, 0) is 11.1 Å². The van der Waals surface area contributed by atoms with Crippen molar-refractivity contribution >= 4 is 17.2 Å². The highest BCUT2D eigenvalue weighted by molar-refractivity contribution is 7.77. The molecule has 24 heavy (non-hydrogen) atoms. The number of hydrogen-bond acceptors (Lipinski definition) is 3. The van der Waals surface area contributed by atoms with E-state index in [0.717, 1.165) is 11.1 Å². The number of nitrogens with zero attached hydrogens (tertiary/aromatic N) is 1. The van der Waals surface area contributed by atoms with Gasteiger partial charge in [0.25, 0.3) is 0 Å². The van der Waals surface area contributed by atoms with Crippen LogP contribution in [0.5, 0.6) is 0 Å². The Bertz CT molecular complexity index is 694. The summed E-state index contributed by atoms with van der Waals surface area (Å²) in [5.41, 5.74) is 2.10. The molecule has 1 heterocycles. The molecular weight excluding hydrogens is 324 g/mol. The Balaban J connectivity index is 1.55. The standard InChI is InChI=1S/C18H20N2O3S/c21-18(19-12-15-7-3-1-4-8-15)11-17-14-23-24(22)20(17)13-16-9-5-2-6-10-16/h1-10,17H,11-14H2,(H,19,21). The summed E-state index contributed by atoms with van der Waals surface area (Å²) in [5, 5.41) is 2.90. The first-order valence-electron chi connectivity index (χ1n) is 7.89. The molecule has 5 nitrogen and oxygen atoms in total. The quantitative estimate of drug-likeness (QED) is 0.874. The highest BCUT2D eigenvalue weighted by atomic mass is 32.2. The summed E-state index contributed by atoms with van der Waals surface area (Å²) in [5.74, 6) is -0.0654. The maximum Gasteiger partial charge on any atom is 0.237 e. The zero-order valence-electron chi connectivity index (χ0n) is 13.3. The predicted octanol–water partition coefficient (Wildman–Crippen LogP) is 2.17. The third-order valence-corrected chi connectivity index (χ3v) is 5.04. The molecule has 1 amide bonds. The fourth-order valence-electron chi connectivity index (χ4n) is 2.60. The van der Waals surface area contributed by atoms with Gasteiger partial charge in [0, 0.05) is 19.5 Å². The molecule has 126 valence electrons. The molecule has 0 radical (unpaired) electrons. The Hall–Kier alpha value is -2.02. The Labute approximate surface area is 144 Å². The van der Waals surface area contributed by atoms with Gasteiger partial charge >= 0.3 is 0 Å². The number of amides is 1. The van der Waals surface area contributed by atoms with E-state index in [-0.39, 0.29) is 18.4 Å². The lowest BCUT2D eigenvalue weighted by Gasteiger charge is -2.19. The van der Waals surface area contributed by atoms with E-state index in [9.17, 15) is 9.00 Å². The molecule has 0 aromatic heterocycles. The van der Waals surface area contributed by atoms with Gasteiger partial charge in [-0.2, -0.15) is 4.31 Å². The number of hydrogen-bond donors (Lipinski definition) is 1. The van der Waals surface area contributed by atoms with Gasteiger partial charge in [-0.1, -0.05) is 60.7 Å².